The van der Waals surface area contributed by atoms with Crippen molar-refractivity contribution in [2.75, 3.05) is 5.88 Å². The molecular formula is C14H18ClNOS. The Bertz CT molecular complexity index is 475. The fourth-order valence-corrected chi connectivity index (χ4v) is 3.09. The van der Waals surface area contributed by atoms with E-state index in [1.165, 1.54) is 16.7 Å². The van der Waals surface area contributed by atoms with Gasteiger partial charge >= 0.3 is 0 Å². The highest BCUT2D eigenvalue weighted by atomic mass is 35.5. The van der Waals surface area contributed by atoms with E-state index in [2.05, 4.69) is 37.2 Å². The Labute approximate surface area is 118 Å². The van der Waals surface area contributed by atoms with Crippen LogP contribution in [0.4, 0.5) is 0 Å². The van der Waals surface area contributed by atoms with Gasteiger partial charge in [0.1, 0.15) is 5.04 Å². The lowest BCUT2D eigenvalue weighted by atomic mass is 10.1. The van der Waals surface area contributed by atoms with Gasteiger partial charge in [0.05, 0.1) is 5.88 Å². The summed E-state index contributed by atoms with van der Waals surface area (Å²) in [4.78, 5) is 5.38. The molecule has 0 saturated carbocycles. The van der Waals surface area contributed by atoms with Crippen LogP contribution in [0, 0.1) is 13.8 Å². The quantitative estimate of drug-likeness (QED) is 0.773. The lowest BCUT2D eigenvalue weighted by molar-refractivity contribution is 0.0152. The Kier molecular flexibility index (Phi) is 4.23. The minimum absolute atomic E-state index is 0.314. The van der Waals surface area contributed by atoms with Gasteiger partial charge in [-0.1, -0.05) is 28.9 Å². The number of nitrogens with zero attached hydrogens (tertiary/aromatic N) is 1. The zero-order valence-electron chi connectivity index (χ0n) is 11.0. The molecule has 2 rings (SSSR count). The lowest BCUT2D eigenvalue weighted by Crippen LogP contribution is -2.26. The molecular weight excluding hydrogens is 266 g/mol. The van der Waals surface area contributed by atoms with E-state index in [4.69, 9.17) is 16.4 Å². The number of hydrogen-bond acceptors (Lipinski definition) is 3. The minimum Gasteiger partial charge on any atom is -0.387 e. The zero-order valence-corrected chi connectivity index (χ0v) is 12.6. The van der Waals surface area contributed by atoms with Crippen molar-refractivity contribution in [1.82, 2.24) is 0 Å². The van der Waals surface area contributed by atoms with Crippen molar-refractivity contribution in [2.45, 2.75) is 38.5 Å². The largest absolute Gasteiger partial charge is 0.387 e. The average Bonchev–Trinajstić information content (AvgIpc) is 2.73. The summed E-state index contributed by atoms with van der Waals surface area (Å²) >= 11 is 7.61. The number of halogens is 1. The van der Waals surface area contributed by atoms with E-state index in [1.807, 2.05) is 6.92 Å². The Morgan fingerprint density at radius 2 is 2.22 bits per heavy atom. The van der Waals surface area contributed by atoms with Crippen molar-refractivity contribution in [3.8, 4) is 0 Å². The van der Waals surface area contributed by atoms with Gasteiger partial charge in [0.15, 0.2) is 5.60 Å². The second-order valence-electron chi connectivity index (χ2n) is 5.06. The van der Waals surface area contributed by atoms with E-state index < -0.39 is 0 Å². The van der Waals surface area contributed by atoms with Gasteiger partial charge in [0.25, 0.3) is 0 Å². The summed E-state index contributed by atoms with van der Waals surface area (Å²) in [5.74, 6) is 1.41. The molecule has 98 valence electrons. The maximum atomic E-state index is 5.87. The first-order valence-corrected chi connectivity index (χ1v) is 7.54. The second-order valence-corrected chi connectivity index (χ2v) is 6.37. The van der Waals surface area contributed by atoms with Crippen LogP contribution in [0.1, 0.15) is 30.0 Å². The molecule has 4 heteroatoms. The Morgan fingerprint density at radius 3 is 2.89 bits per heavy atom. The Hall–Kier alpha value is -0.670. The lowest BCUT2D eigenvalue weighted by Gasteiger charge is -2.16. The van der Waals surface area contributed by atoms with Crippen molar-refractivity contribution >= 4 is 28.4 Å². The summed E-state index contributed by atoms with van der Waals surface area (Å²) in [7, 11) is 0. The normalized spacial score (nSPS) is 22.8. The minimum atomic E-state index is -0.314. The van der Waals surface area contributed by atoms with E-state index in [-0.39, 0.29) is 5.60 Å². The summed E-state index contributed by atoms with van der Waals surface area (Å²) in [6.45, 7) is 6.26. The van der Waals surface area contributed by atoms with Crippen LogP contribution in [0.3, 0.4) is 0 Å². The number of oxime groups is 1. The molecule has 1 heterocycles. The first-order chi connectivity index (χ1) is 8.52. The summed E-state index contributed by atoms with van der Waals surface area (Å²) < 4.78 is 0. The highest BCUT2D eigenvalue weighted by molar-refractivity contribution is 8.13. The molecule has 2 nitrogen and oxygen atoms in total. The first-order valence-electron chi connectivity index (χ1n) is 6.02. The van der Waals surface area contributed by atoms with E-state index in [9.17, 15) is 0 Å². The van der Waals surface area contributed by atoms with E-state index >= 15 is 0 Å². The molecule has 1 aromatic carbocycles. The van der Waals surface area contributed by atoms with E-state index in [0.29, 0.717) is 5.88 Å². The number of hydrogen-bond donors (Lipinski definition) is 0. The van der Waals surface area contributed by atoms with Crippen LogP contribution in [0.5, 0.6) is 0 Å². The number of benzene rings is 1. The van der Waals surface area contributed by atoms with Crippen molar-refractivity contribution in [2.24, 2.45) is 5.16 Å². The number of alkyl halides is 1. The van der Waals surface area contributed by atoms with Gasteiger partial charge in [-0.15, -0.1) is 23.4 Å². The van der Waals surface area contributed by atoms with Crippen LogP contribution in [0.2, 0.25) is 0 Å². The summed E-state index contributed by atoms with van der Waals surface area (Å²) in [6.07, 6.45) is 0.812. The van der Waals surface area contributed by atoms with E-state index in [1.54, 1.807) is 11.8 Å². The number of aryl methyl sites for hydroxylation is 2. The van der Waals surface area contributed by atoms with Crippen LogP contribution >= 0.6 is 23.4 Å². The SMILES string of the molecule is Cc1ccc(C)c(CSC2=NOC(C)(CCl)C2)c1. The van der Waals surface area contributed by atoms with Gasteiger partial charge in [0, 0.05) is 12.2 Å². The van der Waals surface area contributed by atoms with Gasteiger partial charge in [-0.3, -0.25) is 0 Å². The molecule has 1 atom stereocenters. The van der Waals surface area contributed by atoms with Crippen molar-refractivity contribution in [1.29, 1.82) is 0 Å². The predicted molar refractivity (Wildman–Crippen MR) is 79.5 cm³/mol. The molecule has 0 amide bonds. The van der Waals surface area contributed by atoms with E-state index in [0.717, 1.165) is 17.2 Å². The third-order valence-corrected chi connectivity index (χ3v) is 4.65. The molecule has 0 aliphatic carbocycles. The molecule has 1 aromatic rings. The van der Waals surface area contributed by atoms with Gasteiger partial charge in [-0.2, -0.15) is 0 Å². The number of rotatable bonds is 3. The smallest absolute Gasteiger partial charge is 0.154 e. The molecule has 0 saturated heterocycles. The Morgan fingerprint density at radius 1 is 1.44 bits per heavy atom. The highest BCUT2D eigenvalue weighted by Gasteiger charge is 2.33. The maximum Gasteiger partial charge on any atom is 0.154 e. The molecule has 0 radical (unpaired) electrons. The molecule has 1 aliphatic heterocycles. The third-order valence-electron chi connectivity index (χ3n) is 3.07. The molecule has 18 heavy (non-hydrogen) atoms. The first kappa shape index (κ1) is 13.8. The summed E-state index contributed by atoms with van der Waals surface area (Å²) in [6, 6.07) is 6.55. The van der Waals surface area contributed by atoms with Crippen LogP contribution in [-0.2, 0) is 10.6 Å². The third kappa shape index (κ3) is 3.21. The van der Waals surface area contributed by atoms with Crippen LogP contribution in [0.25, 0.3) is 0 Å². The van der Waals surface area contributed by atoms with Crippen molar-refractivity contribution in [3.63, 3.8) is 0 Å². The maximum absolute atomic E-state index is 5.87. The average molecular weight is 284 g/mol. The van der Waals surface area contributed by atoms with Crippen molar-refractivity contribution < 1.29 is 4.84 Å². The molecule has 0 spiro atoms. The van der Waals surface area contributed by atoms with Gasteiger partial charge in [0.2, 0.25) is 0 Å². The topological polar surface area (TPSA) is 21.6 Å². The van der Waals surface area contributed by atoms with Crippen LogP contribution < -0.4 is 0 Å². The summed E-state index contributed by atoms with van der Waals surface area (Å²) in [5, 5.41) is 5.16. The van der Waals surface area contributed by atoms with Crippen LogP contribution in [0.15, 0.2) is 23.4 Å². The molecule has 0 N–H and O–H groups in total. The predicted octanol–water partition coefficient (Wildman–Crippen LogP) is 4.27. The molecule has 0 fully saturated rings. The van der Waals surface area contributed by atoms with Gasteiger partial charge in [-0.05, 0) is 31.9 Å². The zero-order chi connectivity index (χ0) is 13.2. The fraction of sp³-hybridized carbons (Fsp3) is 0.500. The van der Waals surface area contributed by atoms with Crippen molar-refractivity contribution in [3.05, 3.63) is 34.9 Å². The number of thioether (sulfide) groups is 1. The second kappa shape index (κ2) is 5.54. The van der Waals surface area contributed by atoms with Gasteiger partial charge in [-0.25, -0.2) is 0 Å². The molecule has 1 aliphatic rings. The standard InChI is InChI=1S/C14H18ClNOS/c1-10-4-5-11(2)12(6-10)8-18-13-7-14(3,9-15)17-16-13/h4-6H,7-9H2,1-3H3. The summed E-state index contributed by atoms with van der Waals surface area (Å²) in [5.41, 5.74) is 3.67. The van der Waals surface area contributed by atoms with Gasteiger partial charge < -0.3 is 4.84 Å². The molecule has 1 unspecified atom stereocenters. The fourth-order valence-electron chi connectivity index (χ4n) is 1.81. The van der Waals surface area contributed by atoms with Crippen LogP contribution in [-0.4, -0.2) is 16.5 Å². The highest BCUT2D eigenvalue weighted by Crippen LogP contribution is 2.31. The molecule has 0 bridgehead atoms. The Balaban J connectivity index is 1.95. The molecule has 0 aromatic heterocycles. The monoisotopic (exact) mass is 283 g/mol.